The van der Waals surface area contributed by atoms with Crippen LogP contribution in [0.2, 0.25) is 0 Å². The van der Waals surface area contributed by atoms with Gasteiger partial charge in [-0.25, -0.2) is 9.97 Å². The Bertz CT molecular complexity index is 1040. The Balaban J connectivity index is 1.52. The summed E-state index contributed by atoms with van der Waals surface area (Å²) < 4.78 is 6.73. The third kappa shape index (κ3) is 3.53. The van der Waals surface area contributed by atoms with Gasteiger partial charge in [0.1, 0.15) is 12.4 Å². The van der Waals surface area contributed by atoms with E-state index < -0.39 is 0 Å². The number of carbonyl (C=O) groups excluding carboxylic acids is 2. The van der Waals surface area contributed by atoms with Crippen LogP contribution in [0.4, 0.5) is 0 Å². The molecule has 0 saturated heterocycles. The molecule has 0 fully saturated rings. The van der Waals surface area contributed by atoms with Gasteiger partial charge >= 0.3 is 5.97 Å². The number of esters is 1. The Morgan fingerprint density at radius 2 is 2.18 bits per heavy atom. The fraction of sp³-hybridized carbons (Fsp3) is 0.316. The third-order valence-electron chi connectivity index (χ3n) is 4.51. The minimum absolute atomic E-state index is 0.0221. The van der Waals surface area contributed by atoms with Gasteiger partial charge in [-0.1, -0.05) is 0 Å². The number of aromatic nitrogens is 4. The van der Waals surface area contributed by atoms with Gasteiger partial charge in [0, 0.05) is 36.4 Å². The van der Waals surface area contributed by atoms with Gasteiger partial charge in [0.2, 0.25) is 0 Å². The summed E-state index contributed by atoms with van der Waals surface area (Å²) in [6.45, 7) is 2.45. The molecule has 0 saturated carbocycles. The van der Waals surface area contributed by atoms with Crippen molar-refractivity contribution in [2.75, 3.05) is 13.2 Å². The molecule has 0 spiro atoms. The van der Waals surface area contributed by atoms with Crippen molar-refractivity contribution in [1.82, 2.24) is 24.6 Å². The van der Waals surface area contributed by atoms with E-state index in [-0.39, 0.29) is 18.4 Å². The summed E-state index contributed by atoms with van der Waals surface area (Å²) in [6.07, 6.45) is 4.06. The topological polar surface area (TPSA) is 90.2 Å². The molecule has 0 aromatic carbocycles. The van der Waals surface area contributed by atoms with Gasteiger partial charge in [0.15, 0.2) is 0 Å². The Hall–Kier alpha value is -3.07. The average Bonchev–Trinajstić information content (AvgIpc) is 3.34. The lowest BCUT2D eigenvalue weighted by atomic mass is 10.2. The van der Waals surface area contributed by atoms with Gasteiger partial charge in [-0.3, -0.25) is 14.3 Å². The van der Waals surface area contributed by atoms with Gasteiger partial charge in [0.05, 0.1) is 29.3 Å². The van der Waals surface area contributed by atoms with E-state index >= 15 is 0 Å². The second-order valence-corrected chi connectivity index (χ2v) is 7.53. The van der Waals surface area contributed by atoms with Crippen molar-refractivity contribution in [2.24, 2.45) is 7.05 Å². The van der Waals surface area contributed by atoms with E-state index in [2.05, 4.69) is 15.1 Å². The third-order valence-corrected chi connectivity index (χ3v) is 5.65. The zero-order valence-electron chi connectivity index (χ0n) is 15.6. The maximum absolute atomic E-state index is 12.6. The molecule has 9 heteroatoms. The van der Waals surface area contributed by atoms with Crippen LogP contribution in [-0.4, -0.2) is 49.7 Å². The van der Waals surface area contributed by atoms with E-state index in [0.29, 0.717) is 31.0 Å². The highest BCUT2D eigenvalue weighted by molar-refractivity contribution is 7.15. The van der Waals surface area contributed by atoms with Crippen LogP contribution in [-0.2, 0) is 29.5 Å². The molecule has 0 radical (unpaired) electrons. The summed E-state index contributed by atoms with van der Waals surface area (Å²) in [4.78, 5) is 36.6. The average molecular weight is 397 g/mol. The van der Waals surface area contributed by atoms with E-state index in [4.69, 9.17) is 4.74 Å². The molecule has 0 unspecified atom stereocenters. The van der Waals surface area contributed by atoms with Crippen molar-refractivity contribution in [2.45, 2.75) is 19.9 Å². The van der Waals surface area contributed by atoms with E-state index in [0.717, 1.165) is 21.1 Å². The molecule has 0 N–H and O–H groups in total. The molecule has 0 atom stereocenters. The number of fused-ring (bicyclic) bond motifs is 1. The summed E-state index contributed by atoms with van der Waals surface area (Å²) in [6, 6.07) is 5.63. The van der Waals surface area contributed by atoms with Crippen molar-refractivity contribution < 1.29 is 14.3 Å². The Kier molecular flexibility index (Phi) is 4.91. The van der Waals surface area contributed by atoms with Gasteiger partial charge in [-0.2, -0.15) is 5.10 Å². The van der Waals surface area contributed by atoms with Crippen LogP contribution in [0.25, 0.3) is 10.6 Å². The molecule has 28 heavy (non-hydrogen) atoms. The van der Waals surface area contributed by atoms with E-state index in [1.807, 2.05) is 25.2 Å². The lowest BCUT2D eigenvalue weighted by Crippen LogP contribution is -2.31. The van der Waals surface area contributed by atoms with Crippen molar-refractivity contribution in [3.05, 3.63) is 52.6 Å². The first kappa shape index (κ1) is 18.3. The highest BCUT2D eigenvalue weighted by Gasteiger charge is 2.31. The summed E-state index contributed by atoms with van der Waals surface area (Å²) in [5.74, 6) is 0.168. The number of rotatable bonds is 6. The van der Waals surface area contributed by atoms with Gasteiger partial charge in [0.25, 0.3) is 5.91 Å². The number of ether oxygens (including phenoxy) is 1. The minimum atomic E-state index is -0.387. The SMILES string of the molecule is CCOC(=O)CN1Cc2sc(-c3ccnc(Cc4ccnn4C)n3)cc2C1=O. The molecule has 8 nitrogen and oxygen atoms in total. The highest BCUT2D eigenvalue weighted by Crippen LogP contribution is 2.36. The number of thiophene rings is 1. The molecule has 0 aliphatic carbocycles. The zero-order chi connectivity index (χ0) is 19.7. The first-order valence-corrected chi connectivity index (χ1v) is 9.73. The molecule has 4 rings (SSSR count). The largest absolute Gasteiger partial charge is 0.465 e. The summed E-state index contributed by atoms with van der Waals surface area (Å²) in [5.41, 5.74) is 2.45. The monoisotopic (exact) mass is 397 g/mol. The number of carbonyl (C=O) groups is 2. The molecule has 1 aliphatic rings. The fourth-order valence-electron chi connectivity index (χ4n) is 3.12. The summed E-state index contributed by atoms with van der Waals surface area (Å²) in [5, 5.41) is 4.16. The predicted molar refractivity (Wildman–Crippen MR) is 103 cm³/mol. The van der Waals surface area contributed by atoms with Crippen LogP contribution in [0.15, 0.2) is 30.6 Å². The Morgan fingerprint density at radius 3 is 2.89 bits per heavy atom. The molecule has 0 bridgehead atoms. The maximum atomic E-state index is 12.6. The second-order valence-electron chi connectivity index (χ2n) is 6.39. The quantitative estimate of drug-likeness (QED) is 0.592. The lowest BCUT2D eigenvalue weighted by molar-refractivity contribution is -0.143. The maximum Gasteiger partial charge on any atom is 0.325 e. The number of amides is 1. The molecular weight excluding hydrogens is 378 g/mol. The van der Waals surface area contributed by atoms with Crippen LogP contribution in [0.3, 0.4) is 0 Å². The number of nitrogens with zero attached hydrogens (tertiary/aromatic N) is 5. The zero-order valence-corrected chi connectivity index (χ0v) is 16.4. The molecule has 144 valence electrons. The summed E-state index contributed by atoms with van der Waals surface area (Å²) in [7, 11) is 1.89. The van der Waals surface area contributed by atoms with Crippen molar-refractivity contribution in [1.29, 1.82) is 0 Å². The highest BCUT2D eigenvalue weighted by atomic mass is 32.1. The van der Waals surface area contributed by atoms with Crippen LogP contribution >= 0.6 is 11.3 Å². The summed E-state index contributed by atoms with van der Waals surface area (Å²) >= 11 is 1.52. The first-order chi connectivity index (χ1) is 13.5. The van der Waals surface area contributed by atoms with Crippen LogP contribution in [0.5, 0.6) is 0 Å². The van der Waals surface area contributed by atoms with E-state index in [1.165, 1.54) is 16.2 Å². The Morgan fingerprint density at radius 1 is 1.32 bits per heavy atom. The van der Waals surface area contributed by atoms with E-state index in [1.54, 1.807) is 24.0 Å². The van der Waals surface area contributed by atoms with Gasteiger partial charge in [-0.15, -0.1) is 11.3 Å². The molecule has 1 aliphatic heterocycles. The number of hydrogen-bond acceptors (Lipinski definition) is 7. The first-order valence-electron chi connectivity index (χ1n) is 8.92. The standard InChI is InChI=1S/C19H19N5O3S/c1-3-27-18(25)11-24-10-16-13(19(24)26)9-15(28-16)14-5-6-20-17(22-14)8-12-4-7-21-23(12)2/h4-7,9H,3,8,10-11H2,1-2H3. The fourth-order valence-corrected chi connectivity index (χ4v) is 4.25. The number of hydrogen-bond donors (Lipinski definition) is 0. The van der Waals surface area contributed by atoms with Crippen LogP contribution < -0.4 is 0 Å². The second kappa shape index (κ2) is 7.51. The predicted octanol–water partition coefficient (Wildman–Crippen LogP) is 2.05. The van der Waals surface area contributed by atoms with Gasteiger partial charge in [-0.05, 0) is 25.1 Å². The van der Waals surface area contributed by atoms with Gasteiger partial charge < -0.3 is 9.64 Å². The van der Waals surface area contributed by atoms with Crippen LogP contribution in [0, 0.1) is 0 Å². The van der Waals surface area contributed by atoms with Crippen molar-refractivity contribution in [3.63, 3.8) is 0 Å². The molecular formula is C19H19N5O3S. The molecule has 3 aromatic rings. The van der Waals surface area contributed by atoms with Crippen molar-refractivity contribution in [3.8, 4) is 10.6 Å². The molecule has 4 heterocycles. The van der Waals surface area contributed by atoms with E-state index in [9.17, 15) is 9.59 Å². The van der Waals surface area contributed by atoms with Crippen LogP contribution in [0.1, 0.15) is 33.7 Å². The minimum Gasteiger partial charge on any atom is -0.465 e. The lowest BCUT2D eigenvalue weighted by Gasteiger charge is -2.14. The molecule has 3 aromatic heterocycles. The molecule has 1 amide bonds. The number of aryl methyl sites for hydroxylation is 1. The Labute approximate surface area is 165 Å². The van der Waals surface area contributed by atoms with Crippen molar-refractivity contribution >= 4 is 23.2 Å². The normalized spacial score (nSPS) is 13.1. The smallest absolute Gasteiger partial charge is 0.325 e.